The van der Waals surface area contributed by atoms with Crippen LogP contribution in [0.2, 0.25) is 0 Å². The maximum absolute atomic E-state index is 13.0. The van der Waals surface area contributed by atoms with Crippen LogP contribution in [0.3, 0.4) is 0 Å². The average molecular weight is 376 g/mol. The van der Waals surface area contributed by atoms with E-state index in [4.69, 9.17) is 0 Å². The van der Waals surface area contributed by atoms with Crippen LogP contribution >= 0.6 is 0 Å². The van der Waals surface area contributed by atoms with Crippen molar-refractivity contribution in [2.45, 2.75) is 45.2 Å². The van der Waals surface area contributed by atoms with Crippen molar-refractivity contribution in [2.24, 2.45) is 0 Å². The summed E-state index contributed by atoms with van der Waals surface area (Å²) < 4.78 is 1.61. The van der Waals surface area contributed by atoms with Crippen LogP contribution in [0.1, 0.15) is 64.6 Å². The fourth-order valence-corrected chi connectivity index (χ4v) is 3.44. The number of aryl methyl sites for hydroxylation is 1. The minimum atomic E-state index is -0.361. The normalized spacial score (nSPS) is 14.6. The molecule has 0 aliphatic heterocycles. The molecule has 1 aliphatic carbocycles. The minimum absolute atomic E-state index is 0.158. The van der Waals surface area contributed by atoms with Crippen LogP contribution in [0.15, 0.2) is 53.5 Å². The third-order valence-corrected chi connectivity index (χ3v) is 5.34. The topological polar surface area (TPSA) is 79.8 Å². The van der Waals surface area contributed by atoms with E-state index in [1.165, 1.54) is 12.8 Å². The molecular weight excluding hydrogens is 352 g/mol. The van der Waals surface area contributed by atoms with Crippen molar-refractivity contribution in [2.75, 3.05) is 0 Å². The molecule has 1 fully saturated rings. The summed E-state index contributed by atoms with van der Waals surface area (Å²) in [5, 5.41) is 10.1. The van der Waals surface area contributed by atoms with Gasteiger partial charge in [-0.25, -0.2) is 0 Å². The van der Waals surface area contributed by atoms with Crippen LogP contribution in [0.5, 0.6) is 0 Å². The number of hydrogen-bond acceptors (Lipinski definition) is 3. The lowest BCUT2D eigenvalue weighted by Gasteiger charge is -2.17. The van der Waals surface area contributed by atoms with Crippen LogP contribution in [-0.2, 0) is 6.54 Å². The van der Waals surface area contributed by atoms with Crippen LogP contribution in [0.25, 0.3) is 0 Å². The molecule has 1 aliphatic rings. The van der Waals surface area contributed by atoms with Gasteiger partial charge in [0.05, 0.1) is 24.0 Å². The van der Waals surface area contributed by atoms with Gasteiger partial charge in [-0.3, -0.25) is 14.7 Å². The number of pyridine rings is 1. The number of amides is 1. The molecule has 6 heteroatoms. The second-order valence-corrected chi connectivity index (χ2v) is 7.45. The van der Waals surface area contributed by atoms with Crippen molar-refractivity contribution in [1.29, 1.82) is 0 Å². The summed E-state index contributed by atoms with van der Waals surface area (Å²) in [5.41, 5.74) is 3.50. The zero-order chi connectivity index (χ0) is 19.7. The van der Waals surface area contributed by atoms with E-state index in [1.807, 2.05) is 49.4 Å². The highest BCUT2D eigenvalue weighted by molar-refractivity contribution is 5.95. The van der Waals surface area contributed by atoms with Crippen LogP contribution in [0.4, 0.5) is 0 Å². The Morgan fingerprint density at radius 3 is 2.75 bits per heavy atom. The van der Waals surface area contributed by atoms with E-state index in [0.29, 0.717) is 18.0 Å². The first-order valence-electron chi connectivity index (χ1n) is 9.63. The third kappa shape index (κ3) is 3.63. The van der Waals surface area contributed by atoms with E-state index in [1.54, 1.807) is 17.7 Å². The first-order chi connectivity index (χ1) is 13.5. The van der Waals surface area contributed by atoms with Gasteiger partial charge in [-0.2, -0.15) is 5.10 Å². The van der Waals surface area contributed by atoms with Crippen LogP contribution in [-0.4, -0.2) is 20.7 Å². The number of carbonyl (C=O) groups is 1. The van der Waals surface area contributed by atoms with Gasteiger partial charge in [0.2, 0.25) is 0 Å². The predicted octanol–water partition coefficient (Wildman–Crippen LogP) is 3.30. The molecule has 2 N–H and O–H groups in total. The Balaban J connectivity index is 1.54. The molecule has 1 aromatic carbocycles. The zero-order valence-corrected chi connectivity index (χ0v) is 16.1. The largest absolute Gasteiger partial charge is 0.346 e. The lowest BCUT2D eigenvalue weighted by molar-refractivity contribution is 0.0947. The number of hydrogen-bond donors (Lipinski definition) is 2. The number of nitrogens with one attached hydrogen (secondary N) is 2. The fourth-order valence-electron chi connectivity index (χ4n) is 3.44. The Bertz CT molecular complexity index is 1050. The average Bonchev–Trinajstić information content (AvgIpc) is 3.45. The number of rotatable bonds is 6. The monoisotopic (exact) mass is 376 g/mol. The number of benzene rings is 1. The number of carbonyl (C=O) groups excluding carboxylic acids is 1. The lowest BCUT2D eigenvalue weighted by atomic mass is 10.1. The fraction of sp³-hybridized carbons (Fsp3) is 0.318. The van der Waals surface area contributed by atoms with Gasteiger partial charge in [0.15, 0.2) is 0 Å². The Kier molecular flexibility index (Phi) is 4.86. The third-order valence-electron chi connectivity index (χ3n) is 5.34. The molecule has 0 bridgehead atoms. The van der Waals surface area contributed by atoms with E-state index in [-0.39, 0.29) is 23.1 Å². The lowest BCUT2D eigenvalue weighted by Crippen LogP contribution is -2.35. The molecule has 144 valence electrons. The molecule has 28 heavy (non-hydrogen) atoms. The van der Waals surface area contributed by atoms with E-state index >= 15 is 0 Å². The van der Waals surface area contributed by atoms with E-state index in [0.717, 1.165) is 17.0 Å². The van der Waals surface area contributed by atoms with Gasteiger partial charge in [0, 0.05) is 12.1 Å². The molecule has 1 amide bonds. The number of nitrogens with zero attached hydrogens (tertiary/aromatic N) is 2. The second-order valence-electron chi connectivity index (χ2n) is 7.45. The molecule has 0 spiro atoms. The van der Waals surface area contributed by atoms with Gasteiger partial charge in [0.1, 0.15) is 5.56 Å². The Morgan fingerprint density at radius 1 is 1.29 bits per heavy atom. The van der Waals surface area contributed by atoms with Gasteiger partial charge in [-0.15, -0.1) is 0 Å². The molecule has 6 nitrogen and oxygen atoms in total. The van der Waals surface area contributed by atoms with Gasteiger partial charge in [-0.1, -0.05) is 30.3 Å². The minimum Gasteiger partial charge on any atom is -0.346 e. The number of H-pyrrole nitrogens is 1. The van der Waals surface area contributed by atoms with Crippen molar-refractivity contribution < 1.29 is 4.79 Å². The van der Waals surface area contributed by atoms with Crippen molar-refractivity contribution in [3.8, 4) is 0 Å². The van der Waals surface area contributed by atoms with E-state index in [9.17, 15) is 9.59 Å². The number of aromatic amines is 1. The van der Waals surface area contributed by atoms with E-state index < -0.39 is 0 Å². The highest BCUT2D eigenvalue weighted by Crippen LogP contribution is 2.38. The smallest absolute Gasteiger partial charge is 0.264 e. The maximum Gasteiger partial charge on any atom is 0.264 e. The van der Waals surface area contributed by atoms with Gasteiger partial charge >= 0.3 is 0 Å². The Hall–Kier alpha value is -3.15. The molecule has 1 atom stereocenters. The second kappa shape index (κ2) is 7.46. The molecule has 4 rings (SSSR count). The highest BCUT2D eigenvalue weighted by atomic mass is 16.2. The molecule has 1 unspecified atom stereocenters. The van der Waals surface area contributed by atoms with E-state index in [2.05, 4.69) is 15.5 Å². The summed E-state index contributed by atoms with van der Waals surface area (Å²) in [6, 6.07) is 13.4. The molecule has 1 saturated carbocycles. The summed E-state index contributed by atoms with van der Waals surface area (Å²) >= 11 is 0. The first-order valence-corrected chi connectivity index (χ1v) is 9.63. The standard InChI is InChI=1S/C22H24N4O2/c1-14-10-11-26(15(2)16-6-4-3-5-7-16)22(28)20(14)21(27)23-13-18-12-19(25-24-18)17-8-9-17/h3-7,10-12,15,17H,8-9,13H2,1-2H3,(H,23,27)(H,24,25). The van der Waals surface area contributed by atoms with Crippen LogP contribution < -0.4 is 10.9 Å². The highest BCUT2D eigenvalue weighted by Gasteiger charge is 2.26. The molecule has 2 heterocycles. The summed E-state index contributed by atoms with van der Waals surface area (Å²) in [4.78, 5) is 25.8. The SMILES string of the molecule is Cc1ccn(C(C)c2ccccc2)c(=O)c1C(=O)NCc1cc(C2CC2)n[nH]1. The van der Waals surface area contributed by atoms with Gasteiger partial charge < -0.3 is 9.88 Å². The first kappa shape index (κ1) is 18.2. The predicted molar refractivity (Wildman–Crippen MR) is 107 cm³/mol. The van der Waals surface area contributed by atoms with Crippen LogP contribution in [0, 0.1) is 6.92 Å². The molecule has 0 saturated heterocycles. The maximum atomic E-state index is 13.0. The quantitative estimate of drug-likeness (QED) is 0.693. The number of aromatic nitrogens is 3. The Morgan fingerprint density at radius 2 is 2.04 bits per heavy atom. The summed E-state index contributed by atoms with van der Waals surface area (Å²) in [6.07, 6.45) is 4.11. The molecule has 3 aromatic rings. The van der Waals surface area contributed by atoms with Gasteiger partial charge in [0.25, 0.3) is 11.5 Å². The summed E-state index contributed by atoms with van der Waals surface area (Å²) in [7, 11) is 0. The summed E-state index contributed by atoms with van der Waals surface area (Å²) in [5.74, 6) is 0.198. The van der Waals surface area contributed by atoms with Crippen molar-refractivity contribution in [3.05, 3.63) is 87.1 Å². The summed E-state index contributed by atoms with van der Waals surface area (Å²) in [6.45, 7) is 4.06. The van der Waals surface area contributed by atoms with Crippen molar-refractivity contribution >= 4 is 5.91 Å². The molecular formula is C22H24N4O2. The van der Waals surface area contributed by atoms with Gasteiger partial charge in [-0.05, 0) is 49.9 Å². The van der Waals surface area contributed by atoms with Crippen molar-refractivity contribution in [1.82, 2.24) is 20.1 Å². The molecule has 0 radical (unpaired) electrons. The Labute approximate surface area is 163 Å². The zero-order valence-electron chi connectivity index (χ0n) is 16.1. The van der Waals surface area contributed by atoms with Crippen molar-refractivity contribution in [3.63, 3.8) is 0 Å². The molecule has 2 aromatic heterocycles.